The van der Waals surface area contributed by atoms with E-state index in [0.717, 1.165) is 30.7 Å². The van der Waals surface area contributed by atoms with Gasteiger partial charge < -0.3 is 9.64 Å². The van der Waals surface area contributed by atoms with Crippen molar-refractivity contribution < 1.29 is 27.1 Å². The molecule has 2 saturated heterocycles. The van der Waals surface area contributed by atoms with Crippen molar-refractivity contribution >= 4 is 5.91 Å². The van der Waals surface area contributed by atoms with Crippen molar-refractivity contribution in [3.05, 3.63) is 53.2 Å². The normalized spacial score (nSPS) is 24.0. The van der Waals surface area contributed by atoms with Gasteiger partial charge in [0.1, 0.15) is 11.9 Å². The van der Waals surface area contributed by atoms with Gasteiger partial charge in [0.25, 0.3) is 0 Å². The molecule has 2 aliphatic heterocycles. The lowest BCUT2D eigenvalue weighted by Gasteiger charge is -2.25. The Morgan fingerprint density at radius 1 is 1.12 bits per heavy atom. The van der Waals surface area contributed by atoms with Gasteiger partial charge in [-0.3, -0.25) is 14.7 Å². The largest absolute Gasteiger partial charge is 0.472 e. The number of ether oxygens (including phenoxy) is 1. The van der Waals surface area contributed by atoms with E-state index in [2.05, 4.69) is 14.9 Å². The number of halogens is 4. The van der Waals surface area contributed by atoms with Crippen LogP contribution in [0.1, 0.15) is 48.4 Å². The van der Waals surface area contributed by atoms with Gasteiger partial charge in [-0.25, -0.2) is 9.37 Å². The van der Waals surface area contributed by atoms with Crippen LogP contribution in [0.25, 0.3) is 0 Å². The summed E-state index contributed by atoms with van der Waals surface area (Å²) in [5, 5.41) is 0. The number of hydrogen-bond acceptors (Lipinski definition) is 5. The Hall–Kier alpha value is -2.75. The zero-order chi connectivity index (χ0) is 23.2. The summed E-state index contributed by atoms with van der Waals surface area (Å²) in [5.74, 6) is -0.527. The highest BCUT2D eigenvalue weighted by atomic mass is 19.4. The first kappa shape index (κ1) is 22.1. The minimum Gasteiger partial charge on any atom is -0.472 e. The Morgan fingerprint density at radius 3 is 2.64 bits per heavy atom. The molecule has 1 aliphatic carbocycles. The molecule has 33 heavy (non-hydrogen) atoms. The Balaban J connectivity index is 1.25. The van der Waals surface area contributed by atoms with Crippen LogP contribution in [-0.4, -0.2) is 57.5 Å². The van der Waals surface area contributed by atoms with E-state index in [4.69, 9.17) is 4.74 Å². The predicted molar refractivity (Wildman–Crippen MR) is 110 cm³/mol. The summed E-state index contributed by atoms with van der Waals surface area (Å²) in [4.78, 5) is 25.6. The molecule has 0 radical (unpaired) electrons. The standard InChI is InChI=1S/C23H24F4N4O2/c24-18-5-2-14(8-17(18)23(25,26)27)12-31-7-1-6-30-13-16(9-20(30)22(31)32)33-21-11-28-19(10-29-21)15-3-4-15/h2,5,8,10-11,15-16,20H,1,3-4,6-7,9,12-13H2/t16-,20-/m1/s1. The molecule has 0 spiro atoms. The van der Waals surface area contributed by atoms with E-state index in [0.29, 0.717) is 44.3 Å². The summed E-state index contributed by atoms with van der Waals surface area (Å²) >= 11 is 0. The lowest BCUT2D eigenvalue weighted by atomic mass is 10.1. The van der Waals surface area contributed by atoms with E-state index < -0.39 is 23.6 Å². The van der Waals surface area contributed by atoms with Gasteiger partial charge in [0.15, 0.2) is 0 Å². The number of hydrogen-bond donors (Lipinski definition) is 0. The van der Waals surface area contributed by atoms with Crippen molar-refractivity contribution in [2.75, 3.05) is 19.6 Å². The Morgan fingerprint density at radius 2 is 1.94 bits per heavy atom. The number of benzene rings is 1. The zero-order valence-electron chi connectivity index (χ0n) is 17.9. The van der Waals surface area contributed by atoms with Crippen molar-refractivity contribution in [1.82, 2.24) is 19.8 Å². The van der Waals surface area contributed by atoms with Crippen LogP contribution in [0.2, 0.25) is 0 Å². The molecule has 1 amide bonds. The fourth-order valence-electron chi connectivity index (χ4n) is 4.65. The van der Waals surface area contributed by atoms with Gasteiger partial charge in [-0.15, -0.1) is 0 Å². The van der Waals surface area contributed by atoms with Crippen molar-refractivity contribution in [2.45, 2.75) is 56.5 Å². The van der Waals surface area contributed by atoms with E-state index in [1.807, 2.05) is 0 Å². The lowest BCUT2D eigenvalue weighted by Crippen LogP contribution is -2.42. The van der Waals surface area contributed by atoms with Gasteiger partial charge in [0.2, 0.25) is 11.8 Å². The molecule has 1 aromatic heterocycles. The molecule has 6 nitrogen and oxygen atoms in total. The Bertz CT molecular complexity index is 1030. The van der Waals surface area contributed by atoms with Gasteiger partial charge in [0.05, 0.1) is 29.7 Å². The molecule has 2 aromatic rings. The number of carbonyl (C=O) groups excluding carboxylic acids is 1. The average molecular weight is 464 g/mol. The van der Waals surface area contributed by atoms with Crippen molar-refractivity contribution in [3.63, 3.8) is 0 Å². The van der Waals surface area contributed by atoms with Crippen molar-refractivity contribution in [2.24, 2.45) is 0 Å². The highest BCUT2D eigenvalue weighted by molar-refractivity contribution is 5.82. The number of rotatable bonds is 5. The van der Waals surface area contributed by atoms with Crippen LogP contribution in [0.15, 0.2) is 30.6 Å². The van der Waals surface area contributed by atoms with E-state index in [-0.39, 0.29) is 24.1 Å². The molecule has 176 valence electrons. The summed E-state index contributed by atoms with van der Waals surface area (Å²) in [6, 6.07) is 2.49. The van der Waals surface area contributed by atoms with Crippen molar-refractivity contribution in [3.8, 4) is 5.88 Å². The van der Waals surface area contributed by atoms with Crippen LogP contribution < -0.4 is 4.74 Å². The minimum atomic E-state index is -4.78. The number of carbonyl (C=O) groups is 1. The molecular weight excluding hydrogens is 440 g/mol. The predicted octanol–water partition coefficient (Wildman–Crippen LogP) is 3.77. The van der Waals surface area contributed by atoms with Crippen LogP contribution in [0.5, 0.6) is 5.88 Å². The molecule has 3 aliphatic rings. The van der Waals surface area contributed by atoms with E-state index in [9.17, 15) is 22.4 Å². The van der Waals surface area contributed by atoms with Crippen LogP contribution in [0.4, 0.5) is 17.6 Å². The second kappa shape index (κ2) is 8.55. The van der Waals surface area contributed by atoms with Crippen LogP contribution in [0, 0.1) is 5.82 Å². The highest BCUT2D eigenvalue weighted by Gasteiger charge is 2.42. The molecule has 0 bridgehead atoms. The van der Waals surface area contributed by atoms with E-state index in [1.165, 1.54) is 6.07 Å². The maximum atomic E-state index is 13.6. The molecule has 0 unspecified atom stereocenters. The highest BCUT2D eigenvalue weighted by Crippen LogP contribution is 2.38. The molecule has 1 saturated carbocycles. The fraction of sp³-hybridized carbons (Fsp3) is 0.522. The maximum absolute atomic E-state index is 13.6. The van der Waals surface area contributed by atoms with Gasteiger partial charge in [0, 0.05) is 38.5 Å². The molecule has 2 atom stereocenters. The van der Waals surface area contributed by atoms with Gasteiger partial charge in [-0.05, 0) is 37.0 Å². The topological polar surface area (TPSA) is 58.6 Å². The molecule has 1 aromatic carbocycles. The second-order valence-corrected chi connectivity index (χ2v) is 8.97. The maximum Gasteiger partial charge on any atom is 0.419 e. The molecule has 3 fully saturated rings. The smallest absolute Gasteiger partial charge is 0.419 e. The number of fused-ring (bicyclic) bond motifs is 1. The first-order valence-electron chi connectivity index (χ1n) is 11.1. The van der Waals surface area contributed by atoms with E-state index in [1.54, 1.807) is 17.3 Å². The SMILES string of the molecule is O=C1[C@H]2C[C@@H](Oc3cnc(C4CC4)cn3)CN2CCCN1Cc1ccc(F)c(C(F)(F)F)c1. The number of aromatic nitrogens is 2. The summed E-state index contributed by atoms with van der Waals surface area (Å²) in [6.07, 6.45) is 1.81. The van der Waals surface area contributed by atoms with Gasteiger partial charge in [-0.2, -0.15) is 13.2 Å². The first-order valence-corrected chi connectivity index (χ1v) is 11.1. The molecular formula is C23H24F4N4O2. The third kappa shape index (κ3) is 4.80. The summed E-state index contributed by atoms with van der Waals surface area (Å²) in [6.45, 7) is 1.71. The van der Waals surface area contributed by atoms with E-state index >= 15 is 0 Å². The first-order chi connectivity index (χ1) is 15.8. The van der Waals surface area contributed by atoms with Crippen LogP contribution in [-0.2, 0) is 17.5 Å². The second-order valence-electron chi connectivity index (χ2n) is 8.97. The third-order valence-electron chi connectivity index (χ3n) is 6.48. The molecule has 5 rings (SSSR count). The van der Waals surface area contributed by atoms with Crippen molar-refractivity contribution in [1.29, 1.82) is 0 Å². The Labute approximate surface area is 188 Å². The van der Waals surface area contributed by atoms with Gasteiger partial charge >= 0.3 is 6.18 Å². The number of nitrogens with zero attached hydrogens (tertiary/aromatic N) is 4. The monoisotopic (exact) mass is 464 g/mol. The Kier molecular flexibility index (Phi) is 5.72. The molecule has 10 heteroatoms. The van der Waals surface area contributed by atoms with Crippen LogP contribution >= 0.6 is 0 Å². The zero-order valence-corrected chi connectivity index (χ0v) is 17.9. The lowest BCUT2D eigenvalue weighted by molar-refractivity contribution is -0.140. The molecule has 3 heterocycles. The number of amides is 1. The van der Waals surface area contributed by atoms with Crippen LogP contribution in [0.3, 0.4) is 0 Å². The summed E-state index contributed by atoms with van der Waals surface area (Å²) < 4.78 is 58.8. The third-order valence-corrected chi connectivity index (χ3v) is 6.48. The number of alkyl halides is 3. The molecule has 0 N–H and O–H groups in total. The van der Waals surface area contributed by atoms with Gasteiger partial charge in [-0.1, -0.05) is 6.07 Å². The quantitative estimate of drug-likeness (QED) is 0.631. The summed E-state index contributed by atoms with van der Waals surface area (Å²) in [5.41, 5.74) is -0.0858. The fourth-order valence-corrected chi connectivity index (χ4v) is 4.65. The summed E-state index contributed by atoms with van der Waals surface area (Å²) in [7, 11) is 0. The minimum absolute atomic E-state index is 0.00611. The average Bonchev–Trinajstić information content (AvgIpc) is 3.56.